The molecule has 0 spiro atoms. The van der Waals surface area contributed by atoms with Crippen molar-refractivity contribution in [3.05, 3.63) is 64.9 Å². The Kier molecular flexibility index (Phi) is 5.69. The summed E-state index contributed by atoms with van der Waals surface area (Å²) >= 11 is 0. The van der Waals surface area contributed by atoms with Crippen molar-refractivity contribution in [2.24, 2.45) is 0 Å². The minimum absolute atomic E-state index is 0.147. The molecule has 3 amide bonds. The molecule has 2 aromatic heterocycles. The molecule has 2 aliphatic rings. The lowest BCUT2D eigenvalue weighted by molar-refractivity contribution is -0.136. The van der Waals surface area contributed by atoms with Gasteiger partial charge in [0.1, 0.15) is 11.8 Å². The highest BCUT2D eigenvalue weighted by Gasteiger charge is 2.30. The Morgan fingerprint density at radius 1 is 1.12 bits per heavy atom. The van der Waals surface area contributed by atoms with Crippen LogP contribution in [0, 0.1) is 13.8 Å². The molecule has 5 rings (SSSR count). The molecule has 1 unspecified atom stereocenters. The van der Waals surface area contributed by atoms with Gasteiger partial charge in [-0.2, -0.15) is 5.10 Å². The second-order valence-corrected chi connectivity index (χ2v) is 8.86. The summed E-state index contributed by atoms with van der Waals surface area (Å²) in [5.41, 5.74) is 5.41. The van der Waals surface area contributed by atoms with Gasteiger partial charge in [0.25, 0.3) is 0 Å². The third kappa shape index (κ3) is 4.09. The summed E-state index contributed by atoms with van der Waals surface area (Å²) in [6.45, 7) is 4.71. The van der Waals surface area contributed by atoms with Crippen LogP contribution in [-0.2, 0) is 27.2 Å². The number of aromatic nitrogens is 2. The van der Waals surface area contributed by atoms with Gasteiger partial charge < -0.3 is 20.0 Å². The number of aryl methyl sites for hydroxylation is 4. The normalized spacial score (nSPS) is 15.6. The molecule has 0 bridgehead atoms. The first-order chi connectivity index (χ1) is 16.4. The number of amides is 3. The van der Waals surface area contributed by atoms with Crippen molar-refractivity contribution in [3.63, 3.8) is 0 Å². The molecule has 2 N–H and O–H groups in total. The number of furan rings is 1. The summed E-state index contributed by atoms with van der Waals surface area (Å²) in [7, 11) is 0. The lowest BCUT2D eigenvalue weighted by Gasteiger charge is -2.35. The quantitative estimate of drug-likeness (QED) is 0.568. The highest BCUT2D eigenvalue weighted by atomic mass is 16.3. The molecule has 176 valence electrons. The van der Waals surface area contributed by atoms with Crippen LogP contribution in [-0.4, -0.2) is 40.6 Å². The molecule has 2 aliphatic heterocycles. The predicted molar refractivity (Wildman–Crippen MR) is 126 cm³/mol. The summed E-state index contributed by atoms with van der Waals surface area (Å²) in [5, 5.41) is 9.96. The Balaban J connectivity index is 1.29. The van der Waals surface area contributed by atoms with E-state index < -0.39 is 11.8 Å². The standard InChI is InChI=1S/C25H27N5O4/c1-15-11-16(2)30(28-15)20(21-6-4-10-34-21)14-26-24(32)25(33)27-19-12-17-5-3-9-29-22(31)8-7-18(13-19)23(17)29/h4,6,10-13,20H,3,5,7-9,14H2,1-2H3,(H,26,32)(H,27,33). The van der Waals surface area contributed by atoms with Crippen LogP contribution >= 0.6 is 0 Å². The zero-order valence-electron chi connectivity index (χ0n) is 19.3. The number of carbonyl (C=O) groups excluding carboxylic acids is 3. The van der Waals surface area contributed by atoms with Crippen LogP contribution in [0.4, 0.5) is 11.4 Å². The molecule has 0 saturated heterocycles. The molecule has 9 nitrogen and oxygen atoms in total. The maximum atomic E-state index is 12.7. The van der Waals surface area contributed by atoms with Gasteiger partial charge in [-0.1, -0.05) is 0 Å². The van der Waals surface area contributed by atoms with Crippen molar-refractivity contribution in [2.45, 2.75) is 45.6 Å². The molecule has 0 radical (unpaired) electrons. The van der Waals surface area contributed by atoms with Gasteiger partial charge in [-0.05, 0) is 74.6 Å². The first-order valence-corrected chi connectivity index (χ1v) is 11.5. The van der Waals surface area contributed by atoms with Gasteiger partial charge in [0.05, 0.1) is 17.6 Å². The SMILES string of the molecule is Cc1cc(C)n(C(CNC(=O)C(=O)Nc2cc3c4c(c2)CCC(=O)N4CCC3)c2ccco2)n1. The Hall–Kier alpha value is -3.88. The fourth-order valence-corrected chi connectivity index (χ4v) is 4.93. The summed E-state index contributed by atoms with van der Waals surface area (Å²) in [5.74, 6) is -0.683. The lowest BCUT2D eigenvalue weighted by Crippen LogP contribution is -2.40. The number of hydrogen-bond acceptors (Lipinski definition) is 5. The number of hydrogen-bond donors (Lipinski definition) is 2. The molecule has 0 aliphatic carbocycles. The molecular weight excluding hydrogens is 434 g/mol. The van der Waals surface area contributed by atoms with Gasteiger partial charge in [0.15, 0.2) is 0 Å². The highest BCUT2D eigenvalue weighted by Crippen LogP contribution is 2.37. The van der Waals surface area contributed by atoms with E-state index in [1.807, 2.05) is 43.0 Å². The average Bonchev–Trinajstić information content (AvgIpc) is 3.46. The minimum Gasteiger partial charge on any atom is -0.467 e. The van der Waals surface area contributed by atoms with Crippen LogP contribution in [0.2, 0.25) is 0 Å². The van der Waals surface area contributed by atoms with E-state index in [2.05, 4.69) is 15.7 Å². The van der Waals surface area contributed by atoms with Gasteiger partial charge in [-0.3, -0.25) is 19.1 Å². The molecule has 1 aromatic carbocycles. The van der Waals surface area contributed by atoms with Crippen LogP contribution in [0.25, 0.3) is 0 Å². The predicted octanol–water partition coefficient (Wildman–Crippen LogP) is 2.66. The monoisotopic (exact) mass is 461 g/mol. The van der Waals surface area contributed by atoms with E-state index >= 15 is 0 Å². The molecule has 1 atom stereocenters. The van der Waals surface area contributed by atoms with E-state index in [9.17, 15) is 14.4 Å². The maximum absolute atomic E-state index is 12.7. The second kappa shape index (κ2) is 8.81. The second-order valence-electron chi connectivity index (χ2n) is 8.86. The van der Waals surface area contributed by atoms with Crippen LogP contribution in [0.3, 0.4) is 0 Å². The van der Waals surface area contributed by atoms with E-state index in [0.717, 1.165) is 47.6 Å². The molecule has 34 heavy (non-hydrogen) atoms. The van der Waals surface area contributed by atoms with Crippen molar-refractivity contribution < 1.29 is 18.8 Å². The Labute approximate surface area is 197 Å². The van der Waals surface area contributed by atoms with Gasteiger partial charge in [0.2, 0.25) is 5.91 Å². The van der Waals surface area contributed by atoms with Gasteiger partial charge in [0, 0.05) is 30.9 Å². The first-order valence-electron chi connectivity index (χ1n) is 11.5. The minimum atomic E-state index is -0.738. The molecule has 4 heterocycles. The molecule has 9 heteroatoms. The Bertz CT molecular complexity index is 1240. The lowest BCUT2D eigenvalue weighted by atomic mass is 9.91. The van der Waals surface area contributed by atoms with Crippen molar-refractivity contribution in [2.75, 3.05) is 23.3 Å². The topological polar surface area (TPSA) is 109 Å². The van der Waals surface area contributed by atoms with Crippen molar-refractivity contribution in [1.29, 1.82) is 0 Å². The van der Waals surface area contributed by atoms with Crippen molar-refractivity contribution in [3.8, 4) is 0 Å². The van der Waals surface area contributed by atoms with Crippen LogP contribution in [0.5, 0.6) is 0 Å². The van der Waals surface area contributed by atoms with Gasteiger partial charge >= 0.3 is 11.8 Å². The van der Waals surface area contributed by atoms with Crippen molar-refractivity contribution in [1.82, 2.24) is 15.1 Å². The summed E-state index contributed by atoms with van der Waals surface area (Å²) < 4.78 is 7.35. The fourth-order valence-electron chi connectivity index (χ4n) is 4.93. The summed E-state index contributed by atoms with van der Waals surface area (Å²) in [4.78, 5) is 39.4. The van der Waals surface area contributed by atoms with Crippen LogP contribution in [0.15, 0.2) is 41.0 Å². The van der Waals surface area contributed by atoms with Gasteiger partial charge in [-0.25, -0.2) is 0 Å². The van der Waals surface area contributed by atoms with Crippen molar-refractivity contribution >= 4 is 29.1 Å². The number of nitrogens with one attached hydrogen (secondary N) is 2. The average molecular weight is 462 g/mol. The van der Waals surface area contributed by atoms with E-state index in [0.29, 0.717) is 24.3 Å². The number of nitrogens with zero attached hydrogens (tertiary/aromatic N) is 3. The van der Waals surface area contributed by atoms with E-state index in [-0.39, 0.29) is 18.5 Å². The third-order valence-electron chi connectivity index (χ3n) is 6.41. The van der Waals surface area contributed by atoms with Crippen LogP contribution < -0.4 is 15.5 Å². The molecular formula is C25H27N5O4. The third-order valence-corrected chi connectivity index (χ3v) is 6.41. The number of anilines is 2. The van der Waals surface area contributed by atoms with Gasteiger partial charge in [-0.15, -0.1) is 0 Å². The van der Waals surface area contributed by atoms with Crippen LogP contribution in [0.1, 0.15) is 47.2 Å². The zero-order valence-corrected chi connectivity index (χ0v) is 19.3. The summed E-state index contributed by atoms with van der Waals surface area (Å²) in [6, 6.07) is 8.91. The number of rotatable bonds is 5. The highest BCUT2D eigenvalue weighted by molar-refractivity contribution is 6.39. The largest absolute Gasteiger partial charge is 0.467 e. The smallest absolute Gasteiger partial charge is 0.313 e. The zero-order chi connectivity index (χ0) is 23.8. The van der Waals surface area contributed by atoms with E-state index in [1.165, 1.54) is 0 Å². The molecule has 3 aromatic rings. The Morgan fingerprint density at radius 2 is 1.91 bits per heavy atom. The fraction of sp³-hybridized carbons (Fsp3) is 0.360. The summed E-state index contributed by atoms with van der Waals surface area (Å²) in [6.07, 6.45) is 4.40. The Morgan fingerprint density at radius 3 is 2.62 bits per heavy atom. The number of carbonyl (C=O) groups is 3. The molecule has 0 fully saturated rings. The number of benzene rings is 1. The first kappa shape index (κ1) is 21.9. The van der Waals surface area contributed by atoms with E-state index in [1.54, 1.807) is 17.0 Å². The maximum Gasteiger partial charge on any atom is 0.313 e. The van der Waals surface area contributed by atoms with E-state index in [4.69, 9.17) is 4.42 Å². The molecule has 0 saturated carbocycles.